The van der Waals surface area contributed by atoms with Crippen molar-refractivity contribution in [2.24, 2.45) is 5.73 Å². The van der Waals surface area contributed by atoms with Crippen LogP contribution in [0.4, 0.5) is 23.2 Å². The molecule has 0 bridgehead atoms. The molecule has 94 valence electrons. The molecule has 17 heavy (non-hydrogen) atoms. The SMILES string of the molecule is N[C@@H](CC(F)(F)F)c1cc(F)ccc1[N+](=O)[O-]. The molecule has 4 nitrogen and oxygen atoms in total. The average molecular weight is 252 g/mol. The summed E-state index contributed by atoms with van der Waals surface area (Å²) in [6.07, 6.45) is -6.02. The van der Waals surface area contributed by atoms with Crippen LogP contribution in [-0.2, 0) is 0 Å². The van der Waals surface area contributed by atoms with E-state index < -0.39 is 40.6 Å². The number of hydrogen-bond acceptors (Lipinski definition) is 3. The van der Waals surface area contributed by atoms with Gasteiger partial charge in [-0.1, -0.05) is 0 Å². The first-order valence-electron chi connectivity index (χ1n) is 4.47. The fourth-order valence-electron chi connectivity index (χ4n) is 1.35. The van der Waals surface area contributed by atoms with Crippen LogP contribution in [0, 0.1) is 15.9 Å². The molecule has 0 saturated heterocycles. The van der Waals surface area contributed by atoms with E-state index in [-0.39, 0.29) is 0 Å². The van der Waals surface area contributed by atoms with Crippen LogP contribution in [0.1, 0.15) is 18.0 Å². The minimum atomic E-state index is -4.57. The van der Waals surface area contributed by atoms with E-state index >= 15 is 0 Å². The Hall–Kier alpha value is -1.70. The van der Waals surface area contributed by atoms with Crippen LogP contribution < -0.4 is 5.73 Å². The largest absolute Gasteiger partial charge is 0.390 e. The van der Waals surface area contributed by atoms with Crippen LogP contribution in [-0.4, -0.2) is 11.1 Å². The normalized spacial score (nSPS) is 13.5. The number of nitrogens with zero attached hydrogens (tertiary/aromatic N) is 1. The number of nitro groups is 1. The molecule has 1 rings (SSSR count). The summed E-state index contributed by atoms with van der Waals surface area (Å²) in [6, 6.07) is 0.572. The summed E-state index contributed by atoms with van der Waals surface area (Å²) in [5, 5.41) is 10.5. The Bertz CT molecular complexity index is 433. The van der Waals surface area contributed by atoms with Crippen molar-refractivity contribution >= 4 is 5.69 Å². The Balaban J connectivity index is 3.10. The van der Waals surface area contributed by atoms with E-state index in [1.54, 1.807) is 0 Å². The topological polar surface area (TPSA) is 69.2 Å². The minimum Gasteiger partial charge on any atom is -0.323 e. The van der Waals surface area contributed by atoms with Gasteiger partial charge in [-0.2, -0.15) is 13.2 Å². The molecule has 1 atom stereocenters. The zero-order chi connectivity index (χ0) is 13.2. The maximum Gasteiger partial charge on any atom is 0.390 e. The van der Waals surface area contributed by atoms with Crippen LogP contribution in [0.5, 0.6) is 0 Å². The summed E-state index contributed by atoms with van der Waals surface area (Å²) in [5.41, 5.74) is 4.11. The predicted octanol–water partition coefficient (Wildman–Crippen LogP) is 2.69. The maximum absolute atomic E-state index is 12.8. The van der Waals surface area contributed by atoms with E-state index in [2.05, 4.69) is 0 Å². The Morgan fingerprint density at radius 1 is 1.41 bits per heavy atom. The van der Waals surface area contributed by atoms with E-state index in [4.69, 9.17) is 5.73 Å². The Labute approximate surface area is 93.2 Å². The van der Waals surface area contributed by atoms with Crippen molar-refractivity contribution in [3.63, 3.8) is 0 Å². The zero-order valence-corrected chi connectivity index (χ0v) is 8.37. The van der Waals surface area contributed by atoms with Crippen molar-refractivity contribution in [2.45, 2.75) is 18.6 Å². The quantitative estimate of drug-likeness (QED) is 0.510. The molecule has 0 aromatic heterocycles. The molecular formula is C9H8F4N2O2. The van der Waals surface area contributed by atoms with E-state index in [0.717, 1.165) is 12.1 Å². The molecule has 0 spiro atoms. The molecule has 8 heteroatoms. The third kappa shape index (κ3) is 3.66. The number of rotatable bonds is 3. The molecule has 0 unspecified atom stereocenters. The lowest BCUT2D eigenvalue weighted by atomic mass is 10.0. The number of halogens is 4. The molecule has 0 aliphatic rings. The summed E-state index contributed by atoms with van der Waals surface area (Å²) in [4.78, 5) is 9.65. The van der Waals surface area contributed by atoms with Crippen LogP contribution in [0.2, 0.25) is 0 Å². The van der Waals surface area contributed by atoms with Gasteiger partial charge in [-0.3, -0.25) is 10.1 Å². The molecule has 1 aromatic carbocycles. The van der Waals surface area contributed by atoms with Crippen molar-refractivity contribution < 1.29 is 22.5 Å². The molecule has 1 aromatic rings. The monoisotopic (exact) mass is 252 g/mol. The molecule has 0 radical (unpaired) electrons. The second kappa shape index (κ2) is 4.66. The number of nitro benzene ring substituents is 1. The summed E-state index contributed by atoms with van der Waals surface area (Å²) < 4.78 is 49.1. The summed E-state index contributed by atoms with van der Waals surface area (Å²) >= 11 is 0. The molecule has 0 aliphatic carbocycles. The van der Waals surface area contributed by atoms with E-state index in [0.29, 0.717) is 6.07 Å². The smallest absolute Gasteiger partial charge is 0.323 e. The lowest BCUT2D eigenvalue weighted by Gasteiger charge is -2.14. The van der Waals surface area contributed by atoms with E-state index in [9.17, 15) is 27.7 Å². The standard InChI is InChI=1S/C9H8F4N2O2/c10-5-1-2-8(15(16)17)6(3-5)7(14)4-9(11,12)13/h1-3,7H,4,14H2/t7-/m0/s1. The van der Waals surface area contributed by atoms with Gasteiger partial charge in [0.05, 0.1) is 11.3 Å². The Morgan fingerprint density at radius 2 is 2.00 bits per heavy atom. The number of hydrogen-bond donors (Lipinski definition) is 1. The van der Waals surface area contributed by atoms with Crippen LogP contribution >= 0.6 is 0 Å². The third-order valence-electron chi connectivity index (χ3n) is 2.04. The number of benzene rings is 1. The lowest BCUT2D eigenvalue weighted by Crippen LogP contribution is -2.21. The second-order valence-electron chi connectivity index (χ2n) is 3.39. The van der Waals surface area contributed by atoms with Gasteiger partial charge in [-0.15, -0.1) is 0 Å². The van der Waals surface area contributed by atoms with Crippen molar-refractivity contribution in [3.8, 4) is 0 Å². The van der Waals surface area contributed by atoms with Gasteiger partial charge < -0.3 is 5.73 Å². The lowest BCUT2D eigenvalue weighted by molar-refractivity contribution is -0.385. The Kier molecular flexibility index (Phi) is 3.66. The van der Waals surface area contributed by atoms with Crippen LogP contribution in [0.25, 0.3) is 0 Å². The highest BCUT2D eigenvalue weighted by Crippen LogP contribution is 2.32. The van der Waals surface area contributed by atoms with Gasteiger partial charge in [0.2, 0.25) is 0 Å². The van der Waals surface area contributed by atoms with Gasteiger partial charge >= 0.3 is 6.18 Å². The van der Waals surface area contributed by atoms with Gasteiger partial charge in [0, 0.05) is 17.7 Å². The van der Waals surface area contributed by atoms with Gasteiger partial charge in [0.15, 0.2) is 0 Å². The van der Waals surface area contributed by atoms with E-state index in [1.807, 2.05) is 0 Å². The highest BCUT2D eigenvalue weighted by Gasteiger charge is 2.33. The zero-order valence-electron chi connectivity index (χ0n) is 8.37. The van der Waals surface area contributed by atoms with E-state index in [1.165, 1.54) is 0 Å². The first-order chi connectivity index (χ1) is 7.70. The molecule has 0 fully saturated rings. The van der Waals surface area contributed by atoms with Gasteiger partial charge in [0.25, 0.3) is 5.69 Å². The first-order valence-corrected chi connectivity index (χ1v) is 4.47. The summed E-state index contributed by atoms with van der Waals surface area (Å²) in [6.45, 7) is 0. The minimum absolute atomic E-state index is 0.465. The van der Waals surface area contributed by atoms with Gasteiger partial charge in [0.1, 0.15) is 5.82 Å². The molecular weight excluding hydrogens is 244 g/mol. The predicted molar refractivity (Wildman–Crippen MR) is 50.7 cm³/mol. The average Bonchev–Trinajstić information content (AvgIpc) is 2.14. The van der Waals surface area contributed by atoms with Crippen molar-refractivity contribution in [1.29, 1.82) is 0 Å². The Morgan fingerprint density at radius 3 is 2.47 bits per heavy atom. The maximum atomic E-state index is 12.8. The van der Waals surface area contributed by atoms with Crippen molar-refractivity contribution in [3.05, 3.63) is 39.7 Å². The van der Waals surface area contributed by atoms with Crippen LogP contribution in [0.3, 0.4) is 0 Å². The van der Waals surface area contributed by atoms with Crippen molar-refractivity contribution in [2.75, 3.05) is 0 Å². The first kappa shape index (κ1) is 13.4. The van der Waals surface area contributed by atoms with Gasteiger partial charge in [-0.25, -0.2) is 4.39 Å². The van der Waals surface area contributed by atoms with Gasteiger partial charge in [-0.05, 0) is 12.1 Å². The number of alkyl halides is 3. The second-order valence-corrected chi connectivity index (χ2v) is 3.39. The highest BCUT2D eigenvalue weighted by atomic mass is 19.4. The van der Waals surface area contributed by atoms with Crippen LogP contribution in [0.15, 0.2) is 18.2 Å². The highest BCUT2D eigenvalue weighted by molar-refractivity contribution is 5.42. The molecule has 0 aliphatic heterocycles. The fraction of sp³-hybridized carbons (Fsp3) is 0.333. The summed E-state index contributed by atoms with van der Waals surface area (Å²) in [5.74, 6) is -0.872. The number of nitrogens with two attached hydrogens (primary N) is 1. The molecule has 0 saturated carbocycles. The molecule has 0 heterocycles. The molecule has 0 amide bonds. The summed E-state index contributed by atoms with van der Waals surface area (Å²) in [7, 11) is 0. The van der Waals surface area contributed by atoms with Crippen molar-refractivity contribution in [1.82, 2.24) is 0 Å². The third-order valence-corrected chi connectivity index (χ3v) is 2.04. The molecule has 2 N–H and O–H groups in total. The fourth-order valence-corrected chi connectivity index (χ4v) is 1.35.